The Morgan fingerprint density at radius 1 is 0.574 bits per heavy atom. The second-order valence-corrected chi connectivity index (χ2v) is 14.0. The molecule has 6 aromatic carbocycles. The predicted octanol–water partition coefficient (Wildman–Crippen LogP) is 11.6. The Morgan fingerprint density at radius 2 is 1.28 bits per heavy atom. The number of para-hydroxylation sites is 2. The van der Waals surface area contributed by atoms with Crippen LogP contribution in [0.5, 0.6) is 0 Å². The van der Waals surface area contributed by atoms with Gasteiger partial charge in [0.25, 0.3) is 0 Å². The van der Waals surface area contributed by atoms with E-state index in [4.69, 9.17) is 9.97 Å². The van der Waals surface area contributed by atoms with Crippen molar-refractivity contribution in [2.75, 3.05) is 0 Å². The Kier molecular flexibility index (Phi) is 5.50. The predicted molar refractivity (Wildman–Crippen MR) is 198 cm³/mol. The number of benzene rings is 6. The van der Waals surface area contributed by atoms with Gasteiger partial charge in [0.05, 0.1) is 22.4 Å². The Labute approximate surface area is 276 Å². The van der Waals surface area contributed by atoms with E-state index >= 15 is 0 Å². The van der Waals surface area contributed by atoms with E-state index < -0.39 is 0 Å². The van der Waals surface area contributed by atoms with Gasteiger partial charge in [0, 0.05) is 42.8 Å². The summed E-state index contributed by atoms with van der Waals surface area (Å²) < 4.78 is 3.73. The van der Waals surface area contributed by atoms with Crippen LogP contribution in [-0.2, 0) is 5.41 Å². The Balaban J connectivity index is 1.35. The number of hydrogen-bond acceptors (Lipinski definition) is 3. The molecule has 1 aliphatic rings. The van der Waals surface area contributed by atoms with E-state index in [0.717, 1.165) is 38.5 Å². The Morgan fingerprint density at radius 3 is 2.15 bits per heavy atom. The third-order valence-corrected chi connectivity index (χ3v) is 11.1. The zero-order valence-corrected chi connectivity index (χ0v) is 26.8. The van der Waals surface area contributed by atoms with Crippen molar-refractivity contribution >= 4 is 53.4 Å². The molecule has 222 valence electrons. The van der Waals surface area contributed by atoms with Gasteiger partial charge in [0.1, 0.15) is 4.83 Å². The average molecular weight is 620 g/mol. The minimum absolute atomic E-state index is 0.168. The van der Waals surface area contributed by atoms with Crippen molar-refractivity contribution < 1.29 is 0 Å². The molecule has 1 aliphatic carbocycles. The molecule has 0 aliphatic heterocycles. The van der Waals surface area contributed by atoms with Crippen molar-refractivity contribution in [3.63, 3.8) is 0 Å². The van der Waals surface area contributed by atoms with E-state index in [1.165, 1.54) is 54.1 Å². The first-order valence-corrected chi connectivity index (χ1v) is 16.9. The van der Waals surface area contributed by atoms with Crippen LogP contribution in [0.1, 0.15) is 25.0 Å². The summed E-state index contributed by atoms with van der Waals surface area (Å²) in [6, 6.07) is 50.2. The molecule has 0 bridgehead atoms. The van der Waals surface area contributed by atoms with Crippen molar-refractivity contribution in [3.8, 4) is 39.5 Å². The summed E-state index contributed by atoms with van der Waals surface area (Å²) in [5, 5.41) is 4.83. The van der Waals surface area contributed by atoms with Gasteiger partial charge >= 0.3 is 0 Å². The van der Waals surface area contributed by atoms with Crippen molar-refractivity contribution in [2.24, 2.45) is 0 Å². The van der Waals surface area contributed by atoms with Gasteiger partial charge in [-0.2, -0.15) is 0 Å². The molecule has 0 spiro atoms. The van der Waals surface area contributed by atoms with E-state index in [9.17, 15) is 0 Å². The molecule has 47 heavy (non-hydrogen) atoms. The Hall–Kier alpha value is -5.58. The van der Waals surface area contributed by atoms with Gasteiger partial charge in [-0.1, -0.05) is 135 Å². The summed E-state index contributed by atoms with van der Waals surface area (Å²) in [6.45, 7) is 4.76. The molecule has 3 nitrogen and oxygen atoms in total. The Bertz CT molecular complexity index is 2710. The van der Waals surface area contributed by atoms with Gasteiger partial charge < -0.3 is 4.57 Å². The van der Waals surface area contributed by atoms with Crippen molar-refractivity contribution in [3.05, 3.63) is 151 Å². The third kappa shape index (κ3) is 3.67. The molecular weight excluding hydrogens is 591 g/mol. The standard InChI is InChI=1S/C43H29N3S/c1-43(2)33-20-10-6-16-27(33)29-24-25-30-28-17-7-11-21-34(28)46(40(30)38(29)43)35-22-12-8-18-31(35)39-37-32-19-9-13-23-36(32)47-42(37)45-41(44-39)26-14-4-3-5-15-26/h3-25H,1-2H3. The summed E-state index contributed by atoms with van der Waals surface area (Å²) in [5.74, 6) is 0.745. The number of aromatic nitrogens is 3. The van der Waals surface area contributed by atoms with E-state index in [0.29, 0.717) is 0 Å². The molecular formula is C43H29N3S. The van der Waals surface area contributed by atoms with Crippen molar-refractivity contribution in [2.45, 2.75) is 19.3 Å². The molecule has 3 heterocycles. The molecule has 3 aromatic heterocycles. The van der Waals surface area contributed by atoms with Gasteiger partial charge in [-0.25, -0.2) is 9.97 Å². The monoisotopic (exact) mass is 619 g/mol. The normalized spacial score (nSPS) is 13.5. The van der Waals surface area contributed by atoms with Gasteiger partial charge in [-0.3, -0.25) is 0 Å². The fourth-order valence-corrected chi connectivity index (χ4v) is 9.04. The number of thiophene rings is 1. The number of hydrogen-bond donors (Lipinski definition) is 0. The van der Waals surface area contributed by atoms with Crippen LogP contribution in [-0.4, -0.2) is 14.5 Å². The lowest BCUT2D eigenvalue weighted by Gasteiger charge is -2.24. The van der Waals surface area contributed by atoms with Crippen molar-refractivity contribution in [1.82, 2.24) is 14.5 Å². The molecule has 0 atom stereocenters. The molecule has 4 heteroatoms. The molecule has 0 saturated heterocycles. The summed E-state index contributed by atoms with van der Waals surface area (Å²) in [7, 11) is 0. The van der Waals surface area contributed by atoms with E-state index in [-0.39, 0.29) is 5.41 Å². The van der Waals surface area contributed by atoms with Crippen molar-refractivity contribution in [1.29, 1.82) is 0 Å². The van der Waals surface area contributed by atoms with Crippen LogP contribution in [0.3, 0.4) is 0 Å². The summed E-state index contributed by atoms with van der Waals surface area (Å²) in [6.07, 6.45) is 0. The zero-order valence-electron chi connectivity index (χ0n) is 26.0. The molecule has 0 saturated carbocycles. The fourth-order valence-electron chi connectivity index (χ4n) is 7.97. The van der Waals surface area contributed by atoms with Crippen LogP contribution in [0.15, 0.2) is 140 Å². The minimum Gasteiger partial charge on any atom is -0.308 e. The average Bonchev–Trinajstić information content (AvgIpc) is 3.74. The van der Waals surface area contributed by atoms with Crippen LogP contribution >= 0.6 is 11.3 Å². The molecule has 0 fully saturated rings. The fraction of sp³-hybridized carbons (Fsp3) is 0.0698. The molecule has 10 rings (SSSR count). The maximum absolute atomic E-state index is 5.41. The number of nitrogens with zero attached hydrogens (tertiary/aromatic N) is 3. The second kappa shape index (κ2) is 9.71. The second-order valence-electron chi connectivity index (χ2n) is 13.0. The first-order chi connectivity index (χ1) is 23.1. The van der Waals surface area contributed by atoms with E-state index in [1.807, 2.05) is 6.07 Å². The van der Waals surface area contributed by atoms with E-state index in [2.05, 4.69) is 152 Å². The minimum atomic E-state index is -0.168. The molecule has 0 N–H and O–H groups in total. The van der Waals surface area contributed by atoms with Gasteiger partial charge in [0.15, 0.2) is 5.82 Å². The maximum atomic E-state index is 5.41. The van der Waals surface area contributed by atoms with Crippen LogP contribution in [0.4, 0.5) is 0 Å². The highest BCUT2D eigenvalue weighted by Gasteiger charge is 2.38. The molecule has 0 radical (unpaired) electrons. The highest BCUT2D eigenvalue weighted by Crippen LogP contribution is 2.53. The van der Waals surface area contributed by atoms with Crippen LogP contribution in [0, 0.1) is 0 Å². The summed E-state index contributed by atoms with van der Waals surface area (Å²) >= 11 is 1.74. The first kappa shape index (κ1) is 26.6. The lowest BCUT2D eigenvalue weighted by atomic mass is 9.81. The lowest BCUT2D eigenvalue weighted by Crippen LogP contribution is -2.16. The first-order valence-electron chi connectivity index (χ1n) is 16.1. The number of rotatable bonds is 3. The highest BCUT2D eigenvalue weighted by atomic mass is 32.1. The number of fused-ring (bicyclic) bond motifs is 10. The largest absolute Gasteiger partial charge is 0.308 e. The highest BCUT2D eigenvalue weighted by molar-refractivity contribution is 7.25. The van der Waals surface area contributed by atoms with Gasteiger partial charge in [-0.15, -0.1) is 11.3 Å². The molecule has 0 unspecified atom stereocenters. The SMILES string of the molecule is CC1(C)c2ccccc2-c2ccc3c4ccccc4n(-c4ccccc4-c4nc(-c5ccccc5)nc5sc6ccccc6c45)c3c21. The van der Waals surface area contributed by atoms with E-state index in [1.54, 1.807) is 11.3 Å². The maximum Gasteiger partial charge on any atom is 0.161 e. The van der Waals surface area contributed by atoms with Gasteiger partial charge in [-0.05, 0) is 40.5 Å². The summed E-state index contributed by atoms with van der Waals surface area (Å²) in [5.41, 5.74) is 11.9. The quantitative estimate of drug-likeness (QED) is 0.197. The smallest absolute Gasteiger partial charge is 0.161 e. The third-order valence-electron chi connectivity index (χ3n) is 10.0. The van der Waals surface area contributed by atoms with Crippen LogP contribution in [0.2, 0.25) is 0 Å². The summed E-state index contributed by atoms with van der Waals surface area (Å²) in [4.78, 5) is 11.6. The topological polar surface area (TPSA) is 30.7 Å². The molecule has 0 amide bonds. The lowest BCUT2D eigenvalue weighted by molar-refractivity contribution is 0.664. The molecule has 9 aromatic rings. The van der Waals surface area contributed by atoms with Gasteiger partial charge in [0.2, 0.25) is 0 Å². The van der Waals surface area contributed by atoms with Crippen LogP contribution in [0.25, 0.3) is 81.6 Å². The van der Waals surface area contributed by atoms with Crippen LogP contribution < -0.4 is 0 Å². The zero-order chi connectivity index (χ0) is 31.3.